The van der Waals surface area contributed by atoms with Gasteiger partial charge in [-0.05, 0) is 12.1 Å². The molecule has 1 aromatic rings. The van der Waals surface area contributed by atoms with Crippen LogP contribution < -0.4 is 10.6 Å². The molecule has 0 bridgehead atoms. The second-order valence-corrected chi connectivity index (χ2v) is 6.41. The topological polar surface area (TPSA) is 91.0 Å². The van der Waals surface area contributed by atoms with E-state index in [4.69, 9.17) is 4.74 Å². The molecule has 0 radical (unpaired) electrons. The smallest absolute Gasteiger partial charge is 0.383 e. The molecule has 0 aromatic heterocycles. The largest absolute Gasteiger partial charge is 0.417 e. The van der Waals surface area contributed by atoms with Crippen LogP contribution in [-0.2, 0) is 15.7 Å². The summed E-state index contributed by atoms with van der Waals surface area (Å²) in [5, 5.41) is 4.63. The highest BCUT2D eigenvalue weighted by molar-refractivity contribution is 5.96. The zero-order valence-electron chi connectivity index (χ0n) is 15.9. The van der Waals surface area contributed by atoms with E-state index in [0.29, 0.717) is 19.7 Å². The fourth-order valence-electron chi connectivity index (χ4n) is 2.88. The number of imide groups is 1. The highest BCUT2D eigenvalue weighted by Gasteiger charge is 2.36. The molecule has 1 aliphatic heterocycles. The fourth-order valence-corrected chi connectivity index (χ4v) is 2.88. The molecule has 29 heavy (non-hydrogen) atoms. The van der Waals surface area contributed by atoms with E-state index >= 15 is 0 Å². The molecule has 8 nitrogen and oxygen atoms in total. The van der Waals surface area contributed by atoms with Gasteiger partial charge in [-0.15, -0.1) is 0 Å². The average Bonchev–Trinajstić information content (AvgIpc) is 2.67. The molecule has 0 saturated carbocycles. The number of benzene rings is 1. The van der Waals surface area contributed by atoms with E-state index in [1.807, 2.05) is 0 Å². The lowest BCUT2D eigenvalue weighted by atomic mass is 10.1. The second-order valence-electron chi connectivity index (χ2n) is 6.41. The molecule has 2 N–H and O–H groups in total. The first-order valence-electron chi connectivity index (χ1n) is 8.97. The standard InChI is InChI=1S/C18H23F3N4O4/c1-29-11-6-22-17(28)23-15(26)12-24-7-9-25(10-8-24)16(27)13-4-2-3-5-14(13)18(19,20)21/h2-5H,6-12H2,1H3,(H2,22,23,26,28). The Labute approximate surface area is 166 Å². The molecular weight excluding hydrogens is 393 g/mol. The number of carbonyl (C=O) groups excluding carboxylic acids is 3. The van der Waals surface area contributed by atoms with E-state index in [9.17, 15) is 27.6 Å². The molecule has 1 heterocycles. The maximum Gasteiger partial charge on any atom is 0.417 e. The van der Waals surface area contributed by atoms with Crippen LogP contribution in [0.2, 0.25) is 0 Å². The van der Waals surface area contributed by atoms with Crippen molar-refractivity contribution in [3.8, 4) is 0 Å². The number of urea groups is 1. The van der Waals surface area contributed by atoms with Gasteiger partial charge in [-0.2, -0.15) is 13.2 Å². The number of alkyl halides is 3. The summed E-state index contributed by atoms with van der Waals surface area (Å²) in [7, 11) is 1.48. The van der Waals surface area contributed by atoms with Gasteiger partial charge in [-0.3, -0.25) is 19.8 Å². The van der Waals surface area contributed by atoms with Crippen LogP contribution in [0, 0.1) is 0 Å². The Hall–Kier alpha value is -2.66. The molecular formula is C18H23F3N4O4. The van der Waals surface area contributed by atoms with Crippen molar-refractivity contribution < 1.29 is 32.3 Å². The summed E-state index contributed by atoms with van der Waals surface area (Å²) in [5.74, 6) is -1.21. The lowest BCUT2D eigenvalue weighted by Gasteiger charge is -2.34. The predicted molar refractivity (Wildman–Crippen MR) is 97.2 cm³/mol. The molecule has 0 spiro atoms. The zero-order chi connectivity index (χ0) is 21.4. The average molecular weight is 416 g/mol. The summed E-state index contributed by atoms with van der Waals surface area (Å²) in [6.45, 7) is 1.48. The SMILES string of the molecule is COCCNC(=O)NC(=O)CN1CCN(C(=O)c2ccccc2C(F)(F)F)CC1. The lowest BCUT2D eigenvalue weighted by molar-refractivity contribution is -0.138. The van der Waals surface area contributed by atoms with Crippen molar-refractivity contribution >= 4 is 17.8 Å². The van der Waals surface area contributed by atoms with Gasteiger partial charge < -0.3 is 15.0 Å². The molecule has 1 aromatic carbocycles. The van der Waals surface area contributed by atoms with Crippen molar-refractivity contribution in [1.29, 1.82) is 0 Å². The van der Waals surface area contributed by atoms with Gasteiger partial charge in [-0.1, -0.05) is 12.1 Å². The first-order valence-corrected chi connectivity index (χ1v) is 8.97. The number of nitrogens with zero attached hydrogens (tertiary/aromatic N) is 2. The van der Waals surface area contributed by atoms with Crippen molar-refractivity contribution in [2.75, 3.05) is 53.0 Å². The summed E-state index contributed by atoms with van der Waals surface area (Å²) in [4.78, 5) is 39.0. The van der Waals surface area contributed by atoms with Crippen LogP contribution in [0.3, 0.4) is 0 Å². The molecule has 0 atom stereocenters. The first-order chi connectivity index (χ1) is 13.7. The third-order valence-electron chi connectivity index (χ3n) is 4.33. The Kier molecular flexibility index (Phi) is 7.97. The maximum atomic E-state index is 13.1. The molecule has 0 aliphatic carbocycles. The number of hydrogen-bond acceptors (Lipinski definition) is 5. The van der Waals surface area contributed by atoms with Gasteiger partial charge in [0.05, 0.1) is 24.3 Å². The third-order valence-corrected chi connectivity index (χ3v) is 4.33. The van der Waals surface area contributed by atoms with Crippen LogP contribution in [0.5, 0.6) is 0 Å². The van der Waals surface area contributed by atoms with Crippen LogP contribution in [0.1, 0.15) is 15.9 Å². The van der Waals surface area contributed by atoms with Gasteiger partial charge in [0.1, 0.15) is 0 Å². The Bertz CT molecular complexity index is 734. The summed E-state index contributed by atoms with van der Waals surface area (Å²) in [6.07, 6.45) is -4.62. The van der Waals surface area contributed by atoms with Crippen LogP contribution in [0.25, 0.3) is 0 Å². The van der Waals surface area contributed by atoms with Crippen molar-refractivity contribution in [2.45, 2.75) is 6.18 Å². The minimum absolute atomic E-state index is 0.0567. The van der Waals surface area contributed by atoms with Gasteiger partial charge >= 0.3 is 12.2 Å². The highest BCUT2D eigenvalue weighted by Crippen LogP contribution is 2.32. The number of hydrogen-bond donors (Lipinski definition) is 2. The highest BCUT2D eigenvalue weighted by atomic mass is 19.4. The van der Waals surface area contributed by atoms with E-state index in [0.717, 1.165) is 12.1 Å². The van der Waals surface area contributed by atoms with Crippen molar-refractivity contribution in [3.05, 3.63) is 35.4 Å². The van der Waals surface area contributed by atoms with E-state index in [2.05, 4.69) is 10.6 Å². The van der Waals surface area contributed by atoms with Gasteiger partial charge in [-0.25, -0.2) is 4.79 Å². The van der Waals surface area contributed by atoms with Gasteiger partial charge in [0.15, 0.2) is 0 Å². The number of amides is 4. The van der Waals surface area contributed by atoms with Gasteiger partial charge in [0.25, 0.3) is 5.91 Å². The number of halogens is 3. The van der Waals surface area contributed by atoms with E-state index in [1.165, 1.54) is 24.1 Å². The van der Waals surface area contributed by atoms with E-state index < -0.39 is 29.6 Å². The van der Waals surface area contributed by atoms with Gasteiger partial charge in [0.2, 0.25) is 5.91 Å². The Balaban J connectivity index is 1.84. The molecule has 11 heteroatoms. The van der Waals surface area contributed by atoms with E-state index in [-0.39, 0.29) is 31.7 Å². The van der Waals surface area contributed by atoms with Crippen molar-refractivity contribution in [2.24, 2.45) is 0 Å². The van der Waals surface area contributed by atoms with Gasteiger partial charge in [0, 0.05) is 39.8 Å². The quantitative estimate of drug-likeness (QED) is 0.674. The number of carbonyl (C=O) groups is 3. The third kappa shape index (κ3) is 6.71. The molecule has 0 unspecified atom stereocenters. The molecule has 2 rings (SSSR count). The van der Waals surface area contributed by atoms with E-state index in [1.54, 1.807) is 4.90 Å². The van der Waals surface area contributed by atoms with Crippen LogP contribution in [0.15, 0.2) is 24.3 Å². The minimum atomic E-state index is -4.62. The molecule has 4 amide bonds. The fraction of sp³-hybridized carbons (Fsp3) is 0.500. The number of nitrogens with one attached hydrogen (secondary N) is 2. The summed E-state index contributed by atoms with van der Waals surface area (Å²) < 4.78 is 44.1. The van der Waals surface area contributed by atoms with Crippen LogP contribution >= 0.6 is 0 Å². The second kappa shape index (κ2) is 10.2. The zero-order valence-corrected chi connectivity index (χ0v) is 15.9. The number of piperazine rings is 1. The minimum Gasteiger partial charge on any atom is -0.383 e. The predicted octanol–water partition coefficient (Wildman–Crippen LogP) is 0.935. The summed E-state index contributed by atoms with van der Waals surface area (Å²) in [5.41, 5.74) is -1.36. The van der Waals surface area contributed by atoms with Crippen LogP contribution in [0.4, 0.5) is 18.0 Å². The summed E-state index contributed by atoms with van der Waals surface area (Å²) in [6, 6.07) is 4.03. The summed E-state index contributed by atoms with van der Waals surface area (Å²) >= 11 is 0. The molecule has 1 saturated heterocycles. The Morgan fingerprint density at radius 3 is 2.38 bits per heavy atom. The molecule has 1 aliphatic rings. The number of ether oxygens (including phenoxy) is 1. The molecule has 160 valence electrons. The van der Waals surface area contributed by atoms with Crippen LogP contribution in [-0.4, -0.2) is 80.6 Å². The monoisotopic (exact) mass is 416 g/mol. The Morgan fingerprint density at radius 2 is 1.76 bits per heavy atom. The van der Waals surface area contributed by atoms with Crippen molar-refractivity contribution in [1.82, 2.24) is 20.4 Å². The maximum absolute atomic E-state index is 13.1. The van der Waals surface area contributed by atoms with Crippen molar-refractivity contribution in [3.63, 3.8) is 0 Å². The lowest BCUT2D eigenvalue weighted by Crippen LogP contribution is -2.52. The number of methoxy groups -OCH3 is 1. The Morgan fingerprint density at radius 1 is 1.10 bits per heavy atom. The normalized spacial score (nSPS) is 15.1. The number of rotatable bonds is 6. The molecule has 1 fully saturated rings. The first kappa shape index (κ1) is 22.6.